The van der Waals surface area contributed by atoms with E-state index in [1.165, 1.54) is 12.8 Å². The molecule has 0 aliphatic heterocycles. The number of hydrogen-bond acceptors (Lipinski definition) is 5. The average Bonchev–Trinajstić information content (AvgIpc) is 2.78. The number of aliphatic hydroxyl groups excluding tert-OH is 1. The van der Waals surface area contributed by atoms with Crippen LogP contribution in [0.4, 0.5) is 0 Å². The summed E-state index contributed by atoms with van der Waals surface area (Å²) in [7, 11) is 6.59. The highest BCUT2D eigenvalue weighted by Crippen LogP contribution is 2.45. The van der Waals surface area contributed by atoms with Gasteiger partial charge in [-0.2, -0.15) is 0 Å². The molecule has 30 heavy (non-hydrogen) atoms. The Kier molecular flexibility index (Phi) is 7.27. The Labute approximate surface area is 178 Å². The Morgan fingerprint density at radius 1 is 0.700 bits per heavy atom. The molecule has 0 bridgehead atoms. The van der Waals surface area contributed by atoms with E-state index in [0.717, 1.165) is 51.4 Å². The van der Waals surface area contributed by atoms with Crippen molar-refractivity contribution >= 4 is 21.5 Å². The second-order valence-corrected chi connectivity index (χ2v) is 7.48. The number of rotatable bonds is 10. The third kappa shape index (κ3) is 4.12. The van der Waals surface area contributed by atoms with E-state index in [1.54, 1.807) is 28.4 Å². The molecule has 0 radical (unpaired) electrons. The minimum absolute atomic E-state index is 0.613. The molecule has 0 fully saturated rings. The zero-order valence-corrected chi connectivity index (χ0v) is 18.6. The summed E-state index contributed by atoms with van der Waals surface area (Å²) in [6.45, 7) is 2.18. The topological polar surface area (TPSA) is 57.2 Å². The Bertz CT molecular complexity index is 1010. The fourth-order valence-electron chi connectivity index (χ4n) is 4.09. The molecule has 162 valence electrons. The van der Waals surface area contributed by atoms with Crippen molar-refractivity contribution in [2.45, 2.75) is 45.1 Å². The molecule has 0 heterocycles. The fraction of sp³-hybridized carbons (Fsp3) is 0.440. The highest BCUT2D eigenvalue weighted by atomic mass is 16.5. The molecule has 0 saturated heterocycles. The SMILES string of the molecule is CCCCCCC(O)c1cc(OC)c2cc3c(OC)ccc(OC)c3cc2c1OC. The molecule has 3 aromatic carbocycles. The third-order valence-corrected chi connectivity index (χ3v) is 5.69. The quantitative estimate of drug-likeness (QED) is 0.325. The van der Waals surface area contributed by atoms with Crippen LogP contribution in [0.15, 0.2) is 30.3 Å². The largest absolute Gasteiger partial charge is 0.496 e. The predicted molar refractivity (Wildman–Crippen MR) is 121 cm³/mol. The molecular formula is C25H32O5. The van der Waals surface area contributed by atoms with E-state index in [2.05, 4.69) is 6.92 Å². The van der Waals surface area contributed by atoms with Gasteiger partial charge < -0.3 is 24.1 Å². The summed E-state index contributed by atoms with van der Waals surface area (Å²) in [6, 6.07) is 9.74. The van der Waals surface area contributed by atoms with Crippen LogP contribution in [0, 0.1) is 0 Å². The lowest BCUT2D eigenvalue weighted by Gasteiger charge is -2.20. The van der Waals surface area contributed by atoms with Crippen molar-refractivity contribution < 1.29 is 24.1 Å². The van der Waals surface area contributed by atoms with Gasteiger partial charge in [0.1, 0.15) is 23.0 Å². The van der Waals surface area contributed by atoms with Crippen LogP contribution in [0.3, 0.4) is 0 Å². The van der Waals surface area contributed by atoms with Crippen molar-refractivity contribution in [1.29, 1.82) is 0 Å². The maximum absolute atomic E-state index is 10.9. The van der Waals surface area contributed by atoms with Crippen LogP contribution in [0.2, 0.25) is 0 Å². The van der Waals surface area contributed by atoms with E-state index in [-0.39, 0.29) is 0 Å². The van der Waals surface area contributed by atoms with Crippen LogP contribution in [-0.4, -0.2) is 33.5 Å². The van der Waals surface area contributed by atoms with Crippen LogP contribution in [0.25, 0.3) is 21.5 Å². The van der Waals surface area contributed by atoms with Crippen LogP contribution in [0.5, 0.6) is 23.0 Å². The lowest BCUT2D eigenvalue weighted by molar-refractivity contribution is 0.159. The van der Waals surface area contributed by atoms with Gasteiger partial charge in [0, 0.05) is 27.1 Å². The summed E-state index contributed by atoms with van der Waals surface area (Å²) in [6.07, 6.45) is 4.51. The molecule has 0 aliphatic carbocycles. The summed E-state index contributed by atoms with van der Waals surface area (Å²) in [5.41, 5.74) is 0.750. The zero-order chi connectivity index (χ0) is 21.7. The Hall–Kier alpha value is -2.66. The van der Waals surface area contributed by atoms with Crippen molar-refractivity contribution in [1.82, 2.24) is 0 Å². The van der Waals surface area contributed by atoms with E-state index >= 15 is 0 Å². The van der Waals surface area contributed by atoms with E-state index in [9.17, 15) is 5.11 Å². The third-order valence-electron chi connectivity index (χ3n) is 5.69. The monoisotopic (exact) mass is 412 g/mol. The normalized spacial score (nSPS) is 12.2. The first-order valence-electron chi connectivity index (χ1n) is 10.5. The van der Waals surface area contributed by atoms with Crippen molar-refractivity contribution in [3.05, 3.63) is 35.9 Å². The van der Waals surface area contributed by atoms with E-state index in [1.807, 2.05) is 30.3 Å². The Balaban J connectivity index is 2.22. The molecule has 3 rings (SSSR count). The maximum Gasteiger partial charge on any atom is 0.132 e. The van der Waals surface area contributed by atoms with Crippen molar-refractivity contribution in [3.8, 4) is 23.0 Å². The molecule has 0 aliphatic rings. The Morgan fingerprint density at radius 3 is 1.80 bits per heavy atom. The van der Waals surface area contributed by atoms with Crippen molar-refractivity contribution in [3.63, 3.8) is 0 Å². The summed E-state index contributed by atoms with van der Waals surface area (Å²) in [5, 5.41) is 14.5. The van der Waals surface area contributed by atoms with Gasteiger partial charge in [-0.3, -0.25) is 0 Å². The van der Waals surface area contributed by atoms with Crippen molar-refractivity contribution in [2.75, 3.05) is 28.4 Å². The molecule has 1 unspecified atom stereocenters. The highest BCUT2D eigenvalue weighted by molar-refractivity contribution is 6.08. The molecule has 0 amide bonds. The van der Waals surface area contributed by atoms with Crippen LogP contribution in [0.1, 0.15) is 50.7 Å². The van der Waals surface area contributed by atoms with Crippen LogP contribution < -0.4 is 18.9 Å². The lowest BCUT2D eigenvalue weighted by atomic mass is 9.94. The van der Waals surface area contributed by atoms with Crippen LogP contribution in [-0.2, 0) is 0 Å². The fourth-order valence-corrected chi connectivity index (χ4v) is 4.09. The molecule has 1 N–H and O–H groups in total. The molecule has 0 spiro atoms. The zero-order valence-electron chi connectivity index (χ0n) is 18.6. The lowest BCUT2D eigenvalue weighted by Crippen LogP contribution is -2.03. The van der Waals surface area contributed by atoms with Gasteiger partial charge in [-0.05, 0) is 36.8 Å². The summed E-state index contributed by atoms with van der Waals surface area (Å²) >= 11 is 0. The second-order valence-electron chi connectivity index (χ2n) is 7.48. The van der Waals surface area contributed by atoms with Gasteiger partial charge in [0.25, 0.3) is 0 Å². The summed E-state index contributed by atoms with van der Waals surface area (Å²) in [4.78, 5) is 0. The van der Waals surface area contributed by atoms with Crippen molar-refractivity contribution in [2.24, 2.45) is 0 Å². The molecule has 1 atom stereocenters. The van der Waals surface area contributed by atoms with Crippen LogP contribution >= 0.6 is 0 Å². The second kappa shape index (κ2) is 9.90. The number of aliphatic hydroxyl groups is 1. The number of fused-ring (bicyclic) bond motifs is 2. The molecule has 0 aromatic heterocycles. The number of benzene rings is 3. The number of hydrogen-bond donors (Lipinski definition) is 1. The Morgan fingerprint density at radius 2 is 1.27 bits per heavy atom. The van der Waals surface area contributed by atoms with Gasteiger partial charge in [-0.25, -0.2) is 0 Å². The standard InChI is InChI=1S/C25H32O5/c1-6-7-8-9-10-21(26)20-15-24(29-4)18-13-16-17(14-19(18)25(20)30-5)23(28-3)12-11-22(16)27-2/h11-15,21,26H,6-10H2,1-5H3. The van der Waals surface area contributed by atoms with Gasteiger partial charge >= 0.3 is 0 Å². The molecule has 5 nitrogen and oxygen atoms in total. The first kappa shape index (κ1) is 22.0. The number of ether oxygens (including phenoxy) is 4. The minimum Gasteiger partial charge on any atom is -0.496 e. The molecule has 5 heteroatoms. The number of methoxy groups -OCH3 is 4. The van der Waals surface area contributed by atoms with E-state index < -0.39 is 6.10 Å². The highest BCUT2D eigenvalue weighted by Gasteiger charge is 2.21. The van der Waals surface area contributed by atoms with E-state index in [4.69, 9.17) is 18.9 Å². The molecular weight excluding hydrogens is 380 g/mol. The average molecular weight is 413 g/mol. The van der Waals surface area contributed by atoms with Gasteiger partial charge in [0.05, 0.1) is 34.5 Å². The minimum atomic E-state index is -0.613. The summed E-state index contributed by atoms with van der Waals surface area (Å²) in [5.74, 6) is 2.87. The van der Waals surface area contributed by atoms with Gasteiger partial charge in [-0.1, -0.05) is 32.6 Å². The van der Waals surface area contributed by atoms with Gasteiger partial charge in [0.2, 0.25) is 0 Å². The first-order valence-corrected chi connectivity index (χ1v) is 10.5. The summed E-state index contributed by atoms with van der Waals surface area (Å²) < 4.78 is 22.6. The number of unbranched alkanes of at least 4 members (excludes halogenated alkanes) is 3. The van der Waals surface area contributed by atoms with E-state index in [0.29, 0.717) is 17.9 Å². The smallest absolute Gasteiger partial charge is 0.132 e. The molecule has 3 aromatic rings. The first-order chi connectivity index (χ1) is 14.6. The molecule has 0 saturated carbocycles. The predicted octanol–water partition coefficient (Wildman–Crippen LogP) is 6.03. The van der Waals surface area contributed by atoms with Gasteiger partial charge in [0.15, 0.2) is 0 Å². The maximum atomic E-state index is 10.9. The van der Waals surface area contributed by atoms with Gasteiger partial charge in [-0.15, -0.1) is 0 Å².